The summed E-state index contributed by atoms with van der Waals surface area (Å²) in [6.07, 6.45) is -0.938. The SMILES string of the molecule is CN1CC[C@]23c4c5ccc(O)c4O[C@H]2C(=O)CC[C@@]3(O)[C@H]1C5.O=C(O)CC(O)C(=O)O. The monoisotopic (exact) mass is 435 g/mol. The molecule has 4 aliphatic rings. The van der Waals surface area contributed by atoms with E-state index in [4.69, 9.17) is 20.1 Å². The van der Waals surface area contributed by atoms with Gasteiger partial charge in [-0.2, -0.15) is 0 Å². The number of carbonyl (C=O) groups is 3. The number of rotatable bonds is 3. The van der Waals surface area contributed by atoms with Crippen molar-refractivity contribution in [1.82, 2.24) is 4.90 Å². The minimum absolute atomic E-state index is 0.00319. The molecule has 0 amide bonds. The molecular formula is C21H25NO9. The average molecular weight is 435 g/mol. The molecule has 1 saturated carbocycles. The Bertz CT molecular complexity index is 962. The van der Waals surface area contributed by atoms with Crippen LogP contribution in [0.25, 0.3) is 0 Å². The maximum atomic E-state index is 12.5. The average Bonchev–Trinajstić information content (AvgIpc) is 3.05. The quantitative estimate of drug-likeness (QED) is 0.424. The molecule has 0 radical (unpaired) electrons. The fourth-order valence-electron chi connectivity index (χ4n) is 5.79. The molecule has 1 aromatic carbocycles. The first-order valence-corrected chi connectivity index (χ1v) is 10.1. The van der Waals surface area contributed by atoms with Crippen molar-refractivity contribution < 1.29 is 44.7 Å². The molecule has 1 spiro atoms. The minimum atomic E-state index is -1.79. The summed E-state index contributed by atoms with van der Waals surface area (Å²) in [7, 11) is 2.04. The van der Waals surface area contributed by atoms with Crippen LogP contribution in [0, 0.1) is 0 Å². The van der Waals surface area contributed by atoms with Crippen LogP contribution in [0.1, 0.15) is 36.8 Å². The van der Waals surface area contributed by atoms with Crippen LogP contribution in [0.4, 0.5) is 0 Å². The predicted octanol–water partition coefficient (Wildman–Crippen LogP) is -0.348. The number of nitrogens with zero attached hydrogens (tertiary/aromatic N) is 1. The third-order valence-corrected chi connectivity index (χ3v) is 7.18. The van der Waals surface area contributed by atoms with Crippen LogP contribution >= 0.6 is 0 Å². The van der Waals surface area contributed by atoms with E-state index in [9.17, 15) is 24.6 Å². The Morgan fingerprint density at radius 3 is 2.61 bits per heavy atom. The summed E-state index contributed by atoms with van der Waals surface area (Å²) in [4.78, 5) is 34.2. The van der Waals surface area contributed by atoms with Gasteiger partial charge in [-0.25, -0.2) is 4.79 Å². The molecule has 168 valence electrons. The number of aliphatic hydroxyl groups excluding tert-OH is 1. The summed E-state index contributed by atoms with van der Waals surface area (Å²) in [5.74, 6) is -2.28. The van der Waals surface area contributed by atoms with Gasteiger partial charge >= 0.3 is 11.9 Å². The smallest absolute Gasteiger partial charge is 0.333 e. The molecule has 2 aliphatic heterocycles. The van der Waals surface area contributed by atoms with Gasteiger partial charge < -0.3 is 35.2 Å². The topological polar surface area (TPSA) is 165 Å². The standard InChI is InChI=1S/C17H19NO4.C4H6O5/c1-18-7-6-16-13-9-2-3-10(19)14(13)22-15(16)11(20)4-5-17(16,21)12(18)8-9;5-2(4(8)9)1-3(6)7/h2-3,12,15,19,21H,4-8H2,1H3;2,5H,1H2,(H,6,7)(H,8,9)/t12-,15+,16+,17-;/m1./s1. The second kappa shape index (κ2) is 7.18. The molecule has 1 unspecified atom stereocenters. The number of ketones is 1. The lowest BCUT2D eigenvalue weighted by molar-refractivity contribution is -0.185. The first kappa shape index (κ1) is 21.5. The number of carboxylic acid groups (broad SMARTS) is 2. The van der Waals surface area contributed by atoms with Crippen molar-refractivity contribution in [3.8, 4) is 11.5 Å². The number of hydrogen-bond donors (Lipinski definition) is 5. The van der Waals surface area contributed by atoms with E-state index in [1.165, 1.54) is 0 Å². The van der Waals surface area contributed by atoms with Gasteiger partial charge in [-0.1, -0.05) is 6.07 Å². The number of likely N-dealkylation sites (N-methyl/N-ethyl adjacent to an activating group) is 1. The molecular weight excluding hydrogens is 410 g/mol. The van der Waals surface area contributed by atoms with Crippen LogP contribution in [0.15, 0.2) is 12.1 Å². The summed E-state index contributed by atoms with van der Waals surface area (Å²) < 4.78 is 5.94. The van der Waals surface area contributed by atoms with Crippen molar-refractivity contribution in [2.75, 3.05) is 13.6 Å². The van der Waals surface area contributed by atoms with E-state index in [1.807, 2.05) is 13.1 Å². The maximum absolute atomic E-state index is 12.5. The van der Waals surface area contributed by atoms with Crippen molar-refractivity contribution in [3.05, 3.63) is 23.3 Å². The lowest BCUT2D eigenvalue weighted by atomic mass is 9.49. The number of aliphatic hydroxyl groups is 2. The number of hydrogen-bond acceptors (Lipinski definition) is 8. The number of phenols is 1. The number of piperidine rings is 1. The van der Waals surface area contributed by atoms with E-state index in [0.717, 1.165) is 24.1 Å². The van der Waals surface area contributed by atoms with Crippen LogP contribution in [0.5, 0.6) is 11.5 Å². The van der Waals surface area contributed by atoms with Crippen molar-refractivity contribution >= 4 is 17.7 Å². The molecule has 10 nitrogen and oxygen atoms in total. The molecule has 2 aliphatic carbocycles. The van der Waals surface area contributed by atoms with E-state index in [0.29, 0.717) is 25.0 Å². The van der Waals surface area contributed by atoms with E-state index in [1.54, 1.807) is 6.07 Å². The van der Waals surface area contributed by atoms with Gasteiger partial charge in [-0.15, -0.1) is 0 Å². The Morgan fingerprint density at radius 1 is 1.29 bits per heavy atom. The zero-order chi connectivity index (χ0) is 22.7. The minimum Gasteiger partial charge on any atom is -0.504 e. The number of likely N-dealkylation sites (tertiary alicyclic amines) is 1. The molecule has 5 rings (SSSR count). The fraction of sp³-hybridized carbons (Fsp3) is 0.571. The van der Waals surface area contributed by atoms with E-state index < -0.39 is 41.6 Å². The van der Waals surface area contributed by atoms with Gasteiger partial charge in [0, 0.05) is 18.0 Å². The summed E-state index contributed by atoms with van der Waals surface area (Å²) in [5, 5.41) is 46.0. The summed E-state index contributed by atoms with van der Waals surface area (Å²) in [6.45, 7) is 0.828. The maximum Gasteiger partial charge on any atom is 0.333 e. The second-order valence-corrected chi connectivity index (χ2v) is 8.71. The first-order chi connectivity index (χ1) is 14.5. The van der Waals surface area contributed by atoms with Crippen molar-refractivity contribution in [2.24, 2.45) is 0 Å². The number of aliphatic carboxylic acids is 2. The number of Topliss-reactive ketones (excluding diaryl/α,β-unsaturated/α-hetero) is 1. The summed E-state index contributed by atoms with van der Waals surface area (Å²) in [5.41, 5.74) is 0.370. The van der Waals surface area contributed by atoms with Crippen LogP contribution in [0.2, 0.25) is 0 Å². The van der Waals surface area contributed by atoms with Crippen LogP contribution < -0.4 is 4.74 Å². The Kier molecular flexibility index (Phi) is 4.99. The number of ether oxygens (including phenoxy) is 1. The van der Waals surface area contributed by atoms with E-state index >= 15 is 0 Å². The molecule has 10 heteroatoms. The van der Waals surface area contributed by atoms with Crippen molar-refractivity contribution in [2.45, 2.75) is 61.4 Å². The second-order valence-electron chi connectivity index (χ2n) is 8.71. The number of carbonyl (C=O) groups excluding carboxylic acids is 1. The molecule has 2 heterocycles. The molecule has 5 atom stereocenters. The number of aromatic hydroxyl groups is 1. The molecule has 0 aromatic heterocycles. The highest BCUT2D eigenvalue weighted by Gasteiger charge is 2.72. The molecule has 1 aromatic rings. The Balaban J connectivity index is 0.000000221. The van der Waals surface area contributed by atoms with Crippen LogP contribution in [-0.4, -0.2) is 85.6 Å². The zero-order valence-corrected chi connectivity index (χ0v) is 16.9. The lowest BCUT2D eigenvalue weighted by Gasteiger charge is -2.61. The molecule has 2 bridgehead atoms. The van der Waals surface area contributed by atoms with Crippen LogP contribution in [-0.2, 0) is 26.2 Å². The highest BCUT2D eigenvalue weighted by atomic mass is 16.5. The molecule has 5 N–H and O–H groups in total. The Morgan fingerprint density at radius 2 is 2.00 bits per heavy atom. The number of phenolic OH excluding ortho intramolecular Hbond substituents is 1. The van der Waals surface area contributed by atoms with E-state index in [-0.39, 0.29) is 17.6 Å². The third kappa shape index (κ3) is 2.93. The Hall–Kier alpha value is -2.69. The van der Waals surface area contributed by atoms with Gasteiger partial charge in [0.1, 0.15) is 0 Å². The lowest BCUT2D eigenvalue weighted by Crippen LogP contribution is -2.76. The van der Waals surface area contributed by atoms with Crippen LogP contribution in [0.3, 0.4) is 0 Å². The largest absolute Gasteiger partial charge is 0.504 e. The van der Waals surface area contributed by atoms with Gasteiger partial charge in [0.2, 0.25) is 0 Å². The normalized spacial score (nSPS) is 33.5. The number of carboxylic acids is 2. The third-order valence-electron chi connectivity index (χ3n) is 7.18. The number of benzene rings is 1. The Labute approximate surface area is 177 Å². The fourth-order valence-corrected chi connectivity index (χ4v) is 5.79. The summed E-state index contributed by atoms with van der Waals surface area (Å²) in [6, 6.07) is 3.57. The summed E-state index contributed by atoms with van der Waals surface area (Å²) >= 11 is 0. The highest BCUT2D eigenvalue weighted by molar-refractivity contribution is 5.90. The molecule has 2 fully saturated rings. The molecule has 1 saturated heterocycles. The van der Waals surface area contributed by atoms with Gasteiger partial charge in [0.05, 0.1) is 17.4 Å². The highest BCUT2D eigenvalue weighted by Crippen LogP contribution is 2.64. The van der Waals surface area contributed by atoms with Gasteiger partial charge in [0.25, 0.3) is 0 Å². The molecule has 31 heavy (non-hydrogen) atoms. The van der Waals surface area contributed by atoms with Gasteiger partial charge in [-0.05, 0) is 44.5 Å². The van der Waals surface area contributed by atoms with Gasteiger partial charge in [0.15, 0.2) is 29.5 Å². The zero-order valence-electron chi connectivity index (χ0n) is 16.9. The first-order valence-electron chi connectivity index (χ1n) is 10.1. The van der Waals surface area contributed by atoms with Crippen molar-refractivity contribution in [3.63, 3.8) is 0 Å². The van der Waals surface area contributed by atoms with E-state index in [2.05, 4.69) is 4.90 Å². The predicted molar refractivity (Wildman–Crippen MR) is 104 cm³/mol. The van der Waals surface area contributed by atoms with Gasteiger partial charge in [-0.3, -0.25) is 9.59 Å². The van der Waals surface area contributed by atoms with Crippen molar-refractivity contribution in [1.29, 1.82) is 0 Å².